The summed E-state index contributed by atoms with van der Waals surface area (Å²) in [6.07, 6.45) is 1.72. The third-order valence-corrected chi connectivity index (χ3v) is 5.64. The molecular formula is C21H20N8O. The predicted molar refractivity (Wildman–Crippen MR) is 112 cm³/mol. The van der Waals surface area contributed by atoms with E-state index in [1.165, 1.54) is 0 Å². The molecule has 0 aliphatic carbocycles. The van der Waals surface area contributed by atoms with Gasteiger partial charge < -0.3 is 4.90 Å². The third-order valence-electron chi connectivity index (χ3n) is 5.64. The fourth-order valence-corrected chi connectivity index (χ4v) is 4.05. The Bertz CT molecular complexity index is 1340. The fourth-order valence-electron chi connectivity index (χ4n) is 4.05. The van der Waals surface area contributed by atoms with Crippen LogP contribution in [0.5, 0.6) is 0 Å². The van der Waals surface area contributed by atoms with Crippen molar-refractivity contribution >= 4 is 22.5 Å². The van der Waals surface area contributed by atoms with Gasteiger partial charge in [0.25, 0.3) is 5.56 Å². The summed E-state index contributed by atoms with van der Waals surface area (Å²) in [6, 6.07) is 13.4. The molecule has 1 saturated heterocycles. The number of aromatic nitrogens is 5. The summed E-state index contributed by atoms with van der Waals surface area (Å²) < 4.78 is 3.51. The molecule has 0 spiro atoms. The molecule has 0 unspecified atom stereocenters. The fraction of sp³-hybridized carbons (Fsp3) is 0.286. The summed E-state index contributed by atoms with van der Waals surface area (Å²) in [5, 5.41) is 18.6. The van der Waals surface area contributed by atoms with E-state index in [0.29, 0.717) is 23.3 Å². The van der Waals surface area contributed by atoms with Gasteiger partial charge >= 0.3 is 0 Å². The van der Waals surface area contributed by atoms with Crippen LogP contribution in [0.1, 0.15) is 11.4 Å². The van der Waals surface area contributed by atoms with Crippen LogP contribution in [0.3, 0.4) is 0 Å². The monoisotopic (exact) mass is 400 g/mol. The van der Waals surface area contributed by atoms with E-state index in [0.717, 1.165) is 43.3 Å². The van der Waals surface area contributed by atoms with Gasteiger partial charge in [0.15, 0.2) is 5.82 Å². The van der Waals surface area contributed by atoms with E-state index in [1.807, 2.05) is 28.7 Å². The largest absolute Gasteiger partial charge is 0.353 e. The maximum Gasteiger partial charge on any atom is 0.262 e. The highest BCUT2D eigenvalue weighted by Gasteiger charge is 2.22. The van der Waals surface area contributed by atoms with Crippen LogP contribution < -0.4 is 10.5 Å². The van der Waals surface area contributed by atoms with Crippen molar-refractivity contribution in [1.82, 2.24) is 29.0 Å². The Labute approximate surface area is 172 Å². The zero-order valence-electron chi connectivity index (χ0n) is 16.6. The van der Waals surface area contributed by atoms with Crippen molar-refractivity contribution in [2.75, 3.05) is 31.1 Å². The van der Waals surface area contributed by atoms with Crippen LogP contribution in [-0.4, -0.2) is 55.2 Å². The Hall–Kier alpha value is -3.77. The van der Waals surface area contributed by atoms with Gasteiger partial charge in [-0.1, -0.05) is 12.1 Å². The SMILES string of the molecule is Cn1c(=O)c2ccccc2n2c(CN3CCN(c4ncccc4C#N)CC3)nnc12. The molecule has 0 N–H and O–H groups in total. The van der Waals surface area contributed by atoms with Gasteiger partial charge in [-0.2, -0.15) is 5.26 Å². The lowest BCUT2D eigenvalue weighted by atomic mass is 10.2. The number of anilines is 1. The zero-order chi connectivity index (χ0) is 20.7. The van der Waals surface area contributed by atoms with Crippen LogP contribution in [0.25, 0.3) is 16.7 Å². The maximum atomic E-state index is 12.6. The highest BCUT2D eigenvalue weighted by molar-refractivity contribution is 5.80. The molecule has 0 bridgehead atoms. The summed E-state index contributed by atoms with van der Waals surface area (Å²) in [5.74, 6) is 2.09. The van der Waals surface area contributed by atoms with Crippen LogP contribution >= 0.6 is 0 Å². The standard InChI is InChI=1S/C21H20N8O/c1-26-20(30)16-6-2-3-7-17(16)29-18(24-25-21(26)29)14-27-9-11-28(12-10-27)19-15(13-22)5-4-8-23-19/h2-8H,9-12,14H2,1H3. The van der Waals surface area contributed by atoms with Gasteiger partial charge in [-0.05, 0) is 24.3 Å². The number of hydrogen-bond donors (Lipinski definition) is 0. The van der Waals surface area contributed by atoms with E-state index in [2.05, 4.69) is 31.1 Å². The summed E-state index contributed by atoms with van der Waals surface area (Å²) >= 11 is 0. The first-order valence-electron chi connectivity index (χ1n) is 9.81. The molecule has 5 rings (SSSR count). The van der Waals surface area contributed by atoms with Gasteiger partial charge in [0.05, 0.1) is 23.0 Å². The first-order valence-corrected chi connectivity index (χ1v) is 9.81. The highest BCUT2D eigenvalue weighted by Crippen LogP contribution is 2.20. The highest BCUT2D eigenvalue weighted by atomic mass is 16.1. The van der Waals surface area contributed by atoms with E-state index in [-0.39, 0.29) is 5.56 Å². The van der Waals surface area contributed by atoms with E-state index >= 15 is 0 Å². The van der Waals surface area contributed by atoms with Gasteiger partial charge in [0.1, 0.15) is 11.9 Å². The van der Waals surface area contributed by atoms with E-state index < -0.39 is 0 Å². The molecular weight excluding hydrogens is 380 g/mol. The molecule has 30 heavy (non-hydrogen) atoms. The van der Waals surface area contributed by atoms with Crippen LogP contribution in [0.4, 0.5) is 5.82 Å². The molecule has 9 nitrogen and oxygen atoms in total. The van der Waals surface area contributed by atoms with Crippen molar-refractivity contribution in [3.63, 3.8) is 0 Å². The van der Waals surface area contributed by atoms with Gasteiger partial charge in [-0.15, -0.1) is 10.2 Å². The Morgan fingerprint density at radius 2 is 1.87 bits per heavy atom. The molecule has 0 radical (unpaired) electrons. The second kappa shape index (κ2) is 7.24. The van der Waals surface area contributed by atoms with Gasteiger partial charge in [0, 0.05) is 39.4 Å². The number of benzene rings is 1. The quantitative estimate of drug-likeness (QED) is 0.509. The first kappa shape index (κ1) is 18.3. The first-order chi connectivity index (χ1) is 14.7. The topological polar surface area (TPSA) is 95.3 Å². The average molecular weight is 400 g/mol. The molecule has 1 aromatic carbocycles. The molecule has 9 heteroatoms. The summed E-state index contributed by atoms with van der Waals surface area (Å²) in [6.45, 7) is 3.83. The van der Waals surface area contributed by atoms with Crippen LogP contribution in [0.15, 0.2) is 47.4 Å². The van der Waals surface area contributed by atoms with E-state index in [4.69, 9.17) is 0 Å². The number of fused-ring (bicyclic) bond motifs is 3. The van der Waals surface area contributed by atoms with Crippen LogP contribution in [0, 0.1) is 11.3 Å². The lowest BCUT2D eigenvalue weighted by Gasteiger charge is -2.35. The summed E-state index contributed by atoms with van der Waals surface area (Å²) in [7, 11) is 1.72. The van der Waals surface area contributed by atoms with Gasteiger partial charge in [-0.3, -0.25) is 18.7 Å². The Morgan fingerprint density at radius 3 is 2.67 bits per heavy atom. The van der Waals surface area contributed by atoms with Crippen LogP contribution in [0.2, 0.25) is 0 Å². The molecule has 0 saturated carbocycles. The van der Waals surface area contributed by atoms with E-state index in [1.54, 1.807) is 29.9 Å². The lowest BCUT2D eigenvalue weighted by molar-refractivity contribution is 0.243. The Morgan fingerprint density at radius 1 is 1.07 bits per heavy atom. The van der Waals surface area contributed by atoms with Crippen LogP contribution in [-0.2, 0) is 13.6 Å². The number of piperazine rings is 1. The number of nitrogens with zero attached hydrogens (tertiary/aromatic N) is 8. The predicted octanol–water partition coefficient (Wildman–Crippen LogP) is 1.17. The summed E-state index contributed by atoms with van der Waals surface area (Å²) in [5.41, 5.74) is 1.34. The molecule has 1 aliphatic rings. The second-order valence-corrected chi connectivity index (χ2v) is 7.38. The molecule has 1 fully saturated rings. The van der Waals surface area contributed by atoms with Crippen molar-refractivity contribution in [3.05, 3.63) is 64.3 Å². The minimum absolute atomic E-state index is 0.0747. The van der Waals surface area contributed by atoms with Gasteiger partial charge in [0.2, 0.25) is 5.78 Å². The maximum absolute atomic E-state index is 12.6. The van der Waals surface area contributed by atoms with Crippen molar-refractivity contribution < 1.29 is 0 Å². The number of rotatable bonds is 3. The van der Waals surface area contributed by atoms with Crippen molar-refractivity contribution in [3.8, 4) is 6.07 Å². The number of pyridine rings is 1. The van der Waals surface area contributed by atoms with Gasteiger partial charge in [-0.25, -0.2) is 4.98 Å². The average Bonchev–Trinajstić information content (AvgIpc) is 3.22. The van der Waals surface area contributed by atoms with E-state index in [9.17, 15) is 10.1 Å². The third kappa shape index (κ3) is 2.89. The zero-order valence-corrected chi connectivity index (χ0v) is 16.6. The molecule has 3 aromatic heterocycles. The molecule has 0 amide bonds. The van der Waals surface area contributed by atoms with Crippen molar-refractivity contribution in [2.45, 2.75) is 6.54 Å². The smallest absolute Gasteiger partial charge is 0.262 e. The molecule has 4 heterocycles. The molecule has 1 aliphatic heterocycles. The number of para-hydroxylation sites is 1. The second-order valence-electron chi connectivity index (χ2n) is 7.38. The number of aryl methyl sites for hydroxylation is 1. The number of hydrogen-bond acceptors (Lipinski definition) is 7. The number of nitriles is 1. The Balaban J connectivity index is 1.42. The summed E-state index contributed by atoms with van der Waals surface area (Å²) in [4.78, 5) is 21.5. The van der Waals surface area contributed by atoms with Crippen molar-refractivity contribution in [1.29, 1.82) is 5.26 Å². The molecule has 150 valence electrons. The van der Waals surface area contributed by atoms with Crippen molar-refractivity contribution in [2.24, 2.45) is 7.05 Å². The Kier molecular flexibility index (Phi) is 4.41. The lowest BCUT2D eigenvalue weighted by Crippen LogP contribution is -2.46. The molecule has 0 atom stereocenters. The normalized spacial score (nSPS) is 15.0. The molecule has 4 aromatic rings. The minimum atomic E-state index is -0.0747. The minimum Gasteiger partial charge on any atom is -0.353 e.